The van der Waals surface area contributed by atoms with Crippen molar-refractivity contribution in [1.82, 2.24) is 5.32 Å². The van der Waals surface area contributed by atoms with E-state index in [1.807, 2.05) is 20.8 Å². The Balaban J connectivity index is 2.54. The number of carbonyl (C=O) groups is 1. The first-order chi connectivity index (χ1) is 7.82. The van der Waals surface area contributed by atoms with Crippen molar-refractivity contribution in [2.75, 3.05) is 0 Å². The lowest BCUT2D eigenvalue weighted by Crippen LogP contribution is -2.52. The smallest absolute Gasteiger partial charge is 0.237 e. The average molecular weight is 240 g/mol. The van der Waals surface area contributed by atoms with Crippen molar-refractivity contribution < 1.29 is 4.79 Å². The van der Waals surface area contributed by atoms with E-state index in [2.05, 4.69) is 12.2 Å². The van der Waals surface area contributed by atoms with Gasteiger partial charge in [-0.2, -0.15) is 0 Å². The van der Waals surface area contributed by atoms with Crippen LogP contribution in [-0.4, -0.2) is 18.0 Å². The van der Waals surface area contributed by atoms with Crippen LogP contribution in [0.4, 0.5) is 0 Å². The second-order valence-corrected chi connectivity index (χ2v) is 6.57. The van der Waals surface area contributed by atoms with Crippen LogP contribution in [0.2, 0.25) is 0 Å². The zero-order valence-electron chi connectivity index (χ0n) is 11.8. The van der Waals surface area contributed by atoms with Crippen LogP contribution in [0.3, 0.4) is 0 Å². The average Bonchev–Trinajstić information content (AvgIpc) is 2.42. The summed E-state index contributed by atoms with van der Waals surface area (Å²) in [6.07, 6.45) is 6.13. The quantitative estimate of drug-likeness (QED) is 0.728. The van der Waals surface area contributed by atoms with Crippen molar-refractivity contribution in [2.45, 2.75) is 71.9 Å². The molecular weight excluding hydrogens is 212 g/mol. The first kappa shape index (κ1) is 14.5. The van der Waals surface area contributed by atoms with E-state index in [9.17, 15) is 4.79 Å². The van der Waals surface area contributed by atoms with E-state index in [-0.39, 0.29) is 11.3 Å². The molecule has 1 aliphatic rings. The molecule has 0 aromatic heterocycles. The Morgan fingerprint density at radius 2 is 1.82 bits per heavy atom. The Bertz CT molecular complexity index is 257. The Morgan fingerprint density at radius 1 is 1.24 bits per heavy atom. The number of nitrogens with two attached hydrogens (primary N) is 1. The lowest BCUT2D eigenvalue weighted by atomic mass is 9.86. The zero-order valence-corrected chi connectivity index (χ0v) is 11.8. The normalized spacial score (nSPS) is 28.3. The van der Waals surface area contributed by atoms with Gasteiger partial charge in [-0.25, -0.2) is 0 Å². The Hall–Kier alpha value is -0.570. The minimum absolute atomic E-state index is 0.0104. The lowest BCUT2D eigenvalue weighted by Gasteiger charge is -2.30. The molecule has 1 amide bonds. The Morgan fingerprint density at radius 3 is 2.41 bits per heavy atom. The van der Waals surface area contributed by atoms with Gasteiger partial charge in [0.15, 0.2) is 0 Å². The first-order valence-electron chi connectivity index (χ1n) is 6.88. The summed E-state index contributed by atoms with van der Waals surface area (Å²) in [5.41, 5.74) is 5.82. The molecule has 0 saturated heterocycles. The number of rotatable bonds is 2. The van der Waals surface area contributed by atoms with Gasteiger partial charge in [0.05, 0.1) is 6.04 Å². The molecule has 3 N–H and O–H groups in total. The monoisotopic (exact) mass is 240 g/mol. The van der Waals surface area contributed by atoms with Crippen molar-refractivity contribution in [2.24, 2.45) is 17.1 Å². The van der Waals surface area contributed by atoms with Gasteiger partial charge in [-0.3, -0.25) is 4.79 Å². The fourth-order valence-corrected chi connectivity index (χ4v) is 2.37. The third-order valence-electron chi connectivity index (χ3n) is 3.90. The molecule has 17 heavy (non-hydrogen) atoms. The van der Waals surface area contributed by atoms with Gasteiger partial charge in [0, 0.05) is 6.04 Å². The minimum Gasteiger partial charge on any atom is -0.352 e. The molecule has 1 fully saturated rings. The second kappa shape index (κ2) is 5.85. The van der Waals surface area contributed by atoms with Gasteiger partial charge in [-0.05, 0) is 24.2 Å². The highest BCUT2D eigenvalue weighted by Crippen LogP contribution is 2.24. The van der Waals surface area contributed by atoms with E-state index in [1.54, 1.807) is 0 Å². The third-order valence-corrected chi connectivity index (χ3v) is 3.90. The van der Waals surface area contributed by atoms with E-state index in [4.69, 9.17) is 5.73 Å². The summed E-state index contributed by atoms with van der Waals surface area (Å²) in [5.74, 6) is 0.588. The molecule has 3 atom stereocenters. The highest BCUT2D eigenvalue weighted by molar-refractivity contribution is 5.82. The first-order valence-corrected chi connectivity index (χ1v) is 6.88. The van der Waals surface area contributed by atoms with Crippen LogP contribution in [0.1, 0.15) is 59.8 Å². The highest BCUT2D eigenvalue weighted by Gasteiger charge is 2.30. The molecule has 0 heterocycles. The van der Waals surface area contributed by atoms with Crippen LogP contribution in [0.5, 0.6) is 0 Å². The minimum atomic E-state index is -0.419. The molecule has 0 aromatic carbocycles. The molecule has 1 saturated carbocycles. The Labute approximate surface area is 106 Å². The molecule has 0 aromatic rings. The van der Waals surface area contributed by atoms with Gasteiger partial charge in [0.2, 0.25) is 5.91 Å². The predicted octanol–water partition coefficient (Wildman–Crippen LogP) is 2.44. The molecule has 0 aliphatic heterocycles. The highest BCUT2D eigenvalue weighted by atomic mass is 16.2. The summed E-state index contributed by atoms with van der Waals surface area (Å²) in [7, 11) is 0. The fourth-order valence-electron chi connectivity index (χ4n) is 2.37. The van der Waals surface area contributed by atoms with Crippen LogP contribution in [-0.2, 0) is 4.79 Å². The van der Waals surface area contributed by atoms with E-state index in [0.29, 0.717) is 12.0 Å². The molecule has 3 nitrogen and oxygen atoms in total. The summed E-state index contributed by atoms with van der Waals surface area (Å²) >= 11 is 0. The van der Waals surface area contributed by atoms with Crippen molar-refractivity contribution >= 4 is 5.91 Å². The summed E-state index contributed by atoms with van der Waals surface area (Å²) in [4.78, 5) is 12.1. The van der Waals surface area contributed by atoms with Gasteiger partial charge in [-0.15, -0.1) is 0 Å². The van der Waals surface area contributed by atoms with Crippen LogP contribution in [0.15, 0.2) is 0 Å². The number of nitrogens with one attached hydrogen (secondary N) is 1. The van der Waals surface area contributed by atoms with Gasteiger partial charge in [0.25, 0.3) is 0 Å². The van der Waals surface area contributed by atoms with Crippen molar-refractivity contribution in [1.29, 1.82) is 0 Å². The number of hydrogen-bond donors (Lipinski definition) is 2. The van der Waals surface area contributed by atoms with E-state index < -0.39 is 6.04 Å². The van der Waals surface area contributed by atoms with E-state index in [1.165, 1.54) is 25.7 Å². The molecule has 0 radical (unpaired) electrons. The lowest BCUT2D eigenvalue weighted by molar-refractivity contribution is -0.125. The molecule has 0 spiro atoms. The fraction of sp³-hybridized carbons (Fsp3) is 0.929. The van der Waals surface area contributed by atoms with Crippen LogP contribution in [0.25, 0.3) is 0 Å². The topological polar surface area (TPSA) is 55.1 Å². The van der Waals surface area contributed by atoms with Crippen molar-refractivity contribution in [3.63, 3.8) is 0 Å². The van der Waals surface area contributed by atoms with Gasteiger partial charge < -0.3 is 11.1 Å². The van der Waals surface area contributed by atoms with Crippen molar-refractivity contribution in [3.8, 4) is 0 Å². The van der Waals surface area contributed by atoms with Crippen LogP contribution >= 0.6 is 0 Å². The van der Waals surface area contributed by atoms with Crippen LogP contribution in [0, 0.1) is 11.3 Å². The largest absolute Gasteiger partial charge is 0.352 e. The van der Waals surface area contributed by atoms with Gasteiger partial charge in [-0.1, -0.05) is 47.0 Å². The molecular formula is C14H28N2O. The molecule has 1 aliphatic carbocycles. The second-order valence-electron chi connectivity index (χ2n) is 6.57. The number of hydrogen-bond acceptors (Lipinski definition) is 2. The summed E-state index contributed by atoms with van der Waals surface area (Å²) in [5, 5.41) is 3.15. The van der Waals surface area contributed by atoms with Gasteiger partial charge in [0.1, 0.15) is 0 Å². The molecule has 100 valence electrons. The SMILES string of the molecule is CC1CCCCCC1NC(=O)C(N)C(C)(C)C. The standard InChI is InChI=1S/C14H28N2O/c1-10-8-6-5-7-9-11(10)16-13(17)12(15)14(2,3)4/h10-12H,5-9,15H2,1-4H3,(H,16,17). The van der Waals surface area contributed by atoms with Crippen LogP contribution < -0.4 is 11.1 Å². The maximum atomic E-state index is 12.1. The summed E-state index contributed by atoms with van der Waals surface area (Å²) < 4.78 is 0. The van der Waals surface area contributed by atoms with Crippen molar-refractivity contribution in [3.05, 3.63) is 0 Å². The third kappa shape index (κ3) is 4.30. The molecule has 3 heteroatoms. The number of amides is 1. The molecule has 0 bridgehead atoms. The molecule has 1 rings (SSSR count). The van der Waals surface area contributed by atoms with E-state index >= 15 is 0 Å². The zero-order chi connectivity index (χ0) is 13.1. The Kier molecular flexibility index (Phi) is 4.99. The predicted molar refractivity (Wildman–Crippen MR) is 71.6 cm³/mol. The maximum Gasteiger partial charge on any atom is 0.237 e. The maximum absolute atomic E-state index is 12.1. The number of carbonyl (C=O) groups excluding carboxylic acids is 1. The molecule has 3 unspecified atom stereocenters. The van der Waals surface area contributed by atoms with Gasteiger partial charge >= 0.3 is 0 Å². The summed E-state index contributed by atoms with van der Waals surface area (Å²) in [6, 6.07) is -0.101. The van der Waals surface area contributed by atoms with E-state index in [0.717, 1.165) is 6.42 Å². The summed E-state index contributed by atoms with van der Waals surface area (Å²) in [6.45, 7) is 8.26.